The quantitative estimate of drug-likeness (QED) is 0.375. The van der Waals surface area contributed by atoms with E-state index < -0.39 is 0 Å². The zero-order chi connectivity index (χ0) is 24.2. The Bertz CT molecular complexity index is 1320. The minimum atomic E-state index is -0.331. The molecule has 180 valence electrons. The molecule has 2 aromatic heterocycles. The van der Waals surface area contributed by atoms with Crippen LogP contribution in [0.4, 0.5) is 4.79 Å². The number of benzene rings is 2. The molecule has 1 aliphatic rings. The molecule has 0 radical (unpaired) electrons. The van der Waals surface area contributed by atoms with E-state index in [1.807, 2.05) is 41.0 Å². The summed E-state index contributed by atoms with van der Waals surface area (Å²) in [4.78, 5) is 28.3. The van der Waals surface area contributed by atoms with Crippen LogP contribution in [0.1, 0.15) is 6.92 Å². The summed E-state index contributed by atoms with van der Waals surface area (Å²) in [6.45, 7) is 4.00. The lowest BCUT2D eigenvalue weighted by Crippen LogP contribution is -2.51. The highest BCUT2D eigenvalue weighted by molar-refractivity contribution is 7.99. The fourth-order valence-corrected chi connectivity index (χ4v) is 4.97. The molecule has 1 aliphatic heterocycles. The molecule has 2 aromatic carbocycles. The van der Waals surface area contributed by atoms with E-state index in [1.165, 1.54) is 11.8 Å². The summed E-state index contributed by atoms with van der Waals surface area (Å²) in [5.41, 5.74) is 0.914. The summed E-state index contributed by atoms with van der Waals surface area (Å²) in [6, 6.07) is 17.8. The minimum absolute atomic E-state index is 0.00877. The minimum Gasteiger partial charge on any atom is -0.461 e. The van der Waals surface area contributed by atoms with Crippen molar-refractivity contribution in [3.05, 3.63) is 60.9 Å². The number of rotatable bonds is 6. The maximum Gasteiger partial charge on any atom is 0.409 e. The lowest BCUT2D eigenvalue weighted by Gasteiger charge is -2.34. The fraction of sp³-hybridized carbons (Fsp3) is 0.280. The largest absolute Gasteiger partial charge is 0.461 e. The van der Waals surface area contributed by atoms with Crippen LogP contribution in [0.25, 0.3) is 28.0 Å². The van der Waals surface area contributed by atoms with Crippen molar-refractivity contribution in [2.75, 3.05) is 38.5 Å². The molecular formula is C25H25N5O4S. The molecule has 1 saturated heterocycles. The van der Waals surface area contributed by atoms with Crippen molar-refractivity contribution >= 4 is 34.5 Å². The Morgan fingerprint density at radius 2 is 1.74 bits per heavy atom. The number of nitrogens with zero attached hydrogens (tertiary/aromatic N) is 5. The van der Waals surface area contributed by atoms with Crippen LogP contribution in [0.3, 0.4) is 0 Å². The molecule has 0 unspecified atom stereocenters. The topological polar surface area (TPSA) is 93.7 Å². The summed E-state index contributed by atoms with van der Waals surface area (Å²) in [5.74, 6) is 1.37. The van der Waals surface area contributed by atoms with Crippen LogP contribution in [0, 0.1) is 0 Å². The molecule has 3 heterocycles. The zero-order valence-electron chi connectivity index (χ0n) is 19.3. The van der Waals surface area contributed by atoms with Crippen molar-refractivity contribution < 1.29 is 18.7 Å². The Labute approximate surface area is 206 Å². The van der Waals surface area contributed by atoms with E-state index in [4.69, 9.17) is 9.15 Å². The van der Waals surface area contributed by atoms with Gasteiger partial charge in [0.25, 0.3) is 0 Å². The lowest BCUT2D eigenvalue weighted by atomic mass is 10.1. The maximum atomic E-state index is 13.0. The average molecular weight is 492 g/mol. The number of carbonyl (C=O) groups is 2. The number of aromatic nitrogens is 3. The van der Waals surface area contributed by atoms with E-state index in [2.05, 4.69) is 28.4 Å². The molecule has 0 atom stereocenters. The normalized spacial score (nSPS) is 13.9. The Morgan fingerprint density at radius 3 is 2.51 bits per heavy atom. The van der Waals surface area contributed by atoms with Crippen LogP contribution in [0.5, 0.6) is 0 Å². The van der Waals surface area contributed by atoms with Crippen LogP contribution >= 0.6 is 11.8 Å². The second kappa shape index (κ2) is 10.2. The number of hydrogen-bond donors (Lipinski definition) is 0. The number of hydrogen-bond acceptors (Lipinski definition) is 7. The van der Waals surface area contributed by atoms with Crippen LogP contribution in [0.2, 0.25) is 0 Å². The molecule has 0 bridgehead atoms. The summed E-state index contributed by atoms with van der Waals surface area (Å²) < 4.78 is 12.6. The number of fused-ring (bicyclic) bond motifs is 1. The van der Waals surface area contributed by atoms with Crippen molar-refractivity contribution in [1.29, 1.82) is 0 Å². The van der Waals surface area contributed by atoms with Crippen molar-refractivity contribution in [2.45, 2.75) is 12.1 Å². The van der Waals surface area contributed by atoms with E-state index in [1.54, 1.807) is 23.0 Å². The predicted molar refractivity (Wildman–Crippen MR) is 132 cm³/mol. The van der Waals surface area contributed by atoms with Crippen LogP contribution < -0.4 is 0 Å². The van der Waals surface area contributed by atoms with Crippen LogP contribution in [0.15, 0.2) is 70.4 Å². The predicted octanol–water partition coefficient (Wildman–Crippen LogP) is 4.07. The SMILES string of the molecule is CCOC(=O)N1CCN(C(=O)CSc2nnc(-c3ccco3)n2-c2cccc3ccccc23)CC1. The molecule has 5 rings (SSSR count). The molecule has 0 N–H and O–H groups in total. The summed E-state index contributed by atoms with van der Waals surface area (Å²) in [7, 11) is 0. The van der Waals surface area contributed by atoms with Crippen LogP contribution in [-0.4, -0.2) is 75.1 Å². The Kier molecular flexibility index (Phi) is 6.71. The van der Waals surface area contributed by atoms with Crippen molar-refractivity contribution in [1.82, 2.24) is 24.6 Å². The third-order valence-electron chi connectivity index (χ3n) is 5.87. The highest BCUT2D eigenvalue weighted by Crippen LogP contribution is 2.32. The third kappa shape index (κ3) is 4.74. The van der Waals surface area contributed by atoms with Gasteiger partial charge in [-0.05, 0) is 30.5 Å². The molecule has 0 spiro atoms. The van der Waals surface area contributed by atoms with E-state index in [0.29, 0.717) is 49.5 Å². The molecule has 9 nitrogen and oxygen atoms in total. The van der Waals surface area contributed by atoms with Gasteiger partial charge in [-0.3, -0.25) is 9.36 Å². The van der Waals surface area contributed by atoms with Gasteiger partial charge in [-0.2, -0.15) is 0 Å². The number of amides is 2. The first-order valence-electron chi connectivity index (χ1n) is 11.5. The first-order chi connectivity index (χ1) is 17.2. The number of ether oxygens (including phenoxy) is 1. The monoisotopic (exact) mass is 491 g/mol. The smallest absolute Gasteiger partial charge is 0.409 e. The zero-order valence-corrected chi connectivity index (χ0v) is 20.1. The molecule has 35 heavy (non-hydrogen) atoms. The average Bonchev–Trinajstić information content (AvgIpc) is 3.57. The number of furan rings is 1. The molecule has 10 heteroatoms. The van der Waals surface area contributed by atoms with Crippen molar-refractivity contribution in [2.24, 2.45) is 0 Å². The van der Waals surface area contributed by atoms with Gasteiger partial charge in [0.15, 0.2) is 10.9 Å². The summed E-state index contributed by atoms with van der Waals surface area (Å²) in [6.07, 6.45) is 1.27. The molecule has 2 amide bonds. The Hall–Kier alpha value is -3.79. The van der Waals surface area contributed by atoms with Crippen molar-refractivity contribution in [3.63, 3.8) is 0 Å². The van der Waals surface area contributed by atoms with Gasteiger partial charge in [0, 0.05) is 31.6 Å². The fourth-order valence-electron chi connectivity index (χ4n) is 4.12. The first-order valence-corrected chi connectivity index (χ1v) is 12.4. The second-order valence-electron chi connectivity index (χ2n) is 7.97. The molecule has 0 aliphatic carbocycles. The van der Waals surface area contributed by atoms with E-state index in [0.717, 1.165) is 16.5 Å². The van der Waals surface area contributed by atoms with Gasteiger partial charge in [-0.25, -0.2) is 4.79 Å². The molecule has 4 aromatic rings. The molecule has 1 fully saturated rings. The maximum absolute atomic E-state index is 13.0. The van der Waals surface area contributed by atoms with Gasteiger partial charge < -0.3 is 19.0 Å². The van der Waals surface area contributed by atoms with Gasteiger partial charge in [-0.15, -0.1) is 10.2 Å². The number of thioether (sulfide) groups is 1. The van der Waals surface area contributed by atoms with Gasteiger partial charge >= 0.3 is 6.09 Å². The molecule has 0 saturated carbocycles. The van der Waals surface area contributed by atoms with Gasteiger partial charge in [0.2, 0.25) is 11.7 Å². The van der Waals surface area contributed by atoms with Gasteiger partial charge in [0.05, 0.1) is 24.3 Å². The highest BCUT2D eigenvalue weighted by atomic mass is 32.2. The van der Waals surface area contributed by atoms with E-state index >= 15 is 0 Å². The standard InChI is InChI=1S/C25H25N5O4S/c1-2-33-25(32)29-14-12-28(13-15-29)22(31)17-35-24-27-26-23(21-11-6-16-34-21)30(24)20-10-5-8-18-7-3-4-9-19(18)20/h3-11,16H,2,12-15,17H2,1H3. The highest BCUT2D eigenvalue weighted by Gasteiger charge is 2.26. The van der Waals surface area contributed by atoms with E-state index in [-0.39, 0.29) is 17.8 Å². The van der Waals surface area contributed by atoms with Gasteiger partial charge in [0.1, 0.15) is 0 Å². The Balaban J connectivity index is 1.37. The number of piperazine rings is 1. The van der Waals surface area contributed by atoms with Crippen LogP contribution in [-0.2, 0) is 9.53 Å². The Morgan fingerprint density at radius 1 is 0.971 bits per heavy atom. The van der Waals surface area contributed by atoms with Gasteiger partial charge in [-0.1, -0.05) is 48.2 Å². The van der Waals surface area contributed by atoms with E-state index in [9.17, 15) is 9.59 Å². The second-order valence-corrected chi connectivity index (χ2v) is 8.92. The third-order valence-corrected chi connectivity index (χ3v) is 6.78. The summed E-state index contributed by atoms with van der Waals surface area (Å²) in [5, 5.41) is 11.5. The lowest BCUT2D eigenvalue weighted by molar-refractivity contribution is -0.129. The first kappa shape index (κ1) is 23.0. The van der Waals surface area contributed by atoms with Crippen molar-refractivity contribution in [3.8, 4) is 17.3 Å². The summed E-state index contributed by atoms with van der Waals surface area (Å²) >= 11 is 1.34. The molecular weight excluding hydrogens is 466 g/mol. The number of carbonyl (C=O) groups excluding carboxylic acids is 2.